The molecule has 0 aliphatic carbocycles. The molecule has 1 atom stereocenters. The number of piperazine rings is 1. The van der Waals surface area contributed by atoms with Gasteiger partial charge in [-0.2, -0.15) is 10.4 Å². The summed E-state index contributed by atoms with van der Waals surface area (Å²) in [5.41, 5.74) is 6.99. The van der Waals surface area contributed by atoms with E-state index in [0.29, 0.717) is 54.2 Å². The number of rotatable bonds is 7. The fourth-order valence-electron chi connectivity index (χ4n) is 6.29. The van der Waals surface area contributed by atoms with Crippen LogP contribution < -0.4 is 10.5 Å². The maximum atomic E-state index is 15.6. The standard InChI is InChI=1S/C34H38FN9O2/c1-34(2,43-16-14-41(3)15-17-43)19-23(20-36)33(45)42-13-7-8-24(21-42)44-32-29(31(37)38-22-39-32)30(40-44)27-12-11-26(18-28(27)35)46-25-9-5-4-6-10-25/h4-6,9-12,18-19,22,24H,7-8,13-17,21H2,1-3H3,(H2,37,38,39)/b23-19+. The van der Waals surface area contributed by atoms with Crippen molar-refractivity contribution in [3.05, 3.63) is 72.3 Å². The third-order valence-corrected chi connectivity index (χ3v) is 8.89. The highest BCUT2D eigenvalue weighted by atomic mass is 19.1. The van der Waals surface area contributed by atoms with E-state index in [4.69, 9.17) is 15.6 Å². The predicted molar refractivity (Wildman–Crippen MR) is 173 cm³/mol. The number of para-hydroxylation sites is 1. The van der Waals surface area contributed by atoms with Gasteiger partial charge in [0.05, 0.1) is 11.4 Å². The minimum Gasteiger partial charge on any atom is -0.457 e. The van der Waals surface area contributed by atoms with E-state index in [9.17, 15) is 10.1 Å². The van der Waals surface area contributed by atoms with Crippen LogP contribution in [-0.4, -0.2) is 92.2 Å². The molecular weight excluding hydrogens is 585 g/mol. The summed E-state index contributed by atoms with van der Waals surface area (Å²) in [5.74, 6) is 0.283. The second kappa shape index (κ2) is 12.9. The highest BCUT2D eigenvalue weighted by Crippen LogP contribution is 2.36. The molecule has 1 unspecified atom stereocenters. The number of likely N-dealkylation sites (N-methyl/N-ethyl adjacent to an activating group) is 1. The Bertz CT molecular complexity index is 1810. The zero-order valence-corrected chi connectivity index (χ0v) is 26.4. The molecule has 2 N–H and O–H groups in total. The number of hydrogen-bond acceptors (Lipinski definition) is 9. The lowest BCUT2D eigenvalue weighted by Crippen LogP contribution is -2.53. The van der Waals surface area contributed by atoms with Gasteiger partial charge in [-0.15, -0.1) is 0 Å². The minimum absolute atomic E-state index is 0.127. The Hall–Kier alpha value is -4.86. The fraction of sp³-hybridized carbons (Fsp3) is 0.382. The van der Waals surface area contributed by atoms with Gasteiger partial charge < -0.3 is 20.3 Å². The summed E-state index contributed by atoms with van der Waals surface area (Å²) in [5, 5.41) is 15.3. The number of fused-ring (bicyclic) bond motifs is 1. The number of benzene rings is 2. The van der Waals surface area contributed by atoms with E-state index in [1.54, 1.807) is 39.9 Å². The molecule has 2 fully saturated rings. The number of nitrogens with two attached hydrogens (primary N) is 1. The molecule has 4 heterocycles. The summed E-state index contributed by atoms with van der Waals surface area (Å²) in [6.07, 6.45) is 4.58. The molecule has 0 saturated carbocycles. The van der Waals surface area contributed by atoms with Gasteiger partial charge in [-0.25, -0.2) is 19.0 Å². The number of hydrogen-bond donors (Lipinski definition) is 1. The van der Waals surface area contributed by atoms with Gasteiger partial charge in [0.1, 0.15) is 46.8 Å². The van der Waals surface area contributed by atoms with Gasteiger partial charge in [-0.05, 0) is 64.1 Å². The largest absolute Gasteiger partial charge is 0.457 e. The normalized spacial score (nSPS) is 18.5. The lowest BCUT2D eigenvalue weighted by Gasteiger charge is -2.42. The number of nitrogen functional groups attached to an aromatic ring is 1. The van der Waals surface area contributed by atoms with Gasteiger partial charge in [-0.3, -0.25) is 9.69 Å². The SMILES string of the molecule is CN1CCN(C(C)(C)/C=C(\C#N)C(=O)N2CCCC(n3nc(-c4ccc(Oc5ccccc5)cc4F)c4c(N)ncnc43)C2)CC1. The van der Waals surface area contributed by atoms with Crippen molar-refractivity contribution in [3.8, 4) is 28.8 Å². The average molecular weight is 624 g/mol. The number of carbonyl (C=O) groups is 1. The molecule has 2 aliphatic rings. The van der Waals surface area contributed by atoms with Gasteiger partial charge in [0, 0.05) is 56.4 Å². The lowest BCUT2D eigenvalue weighted by molar-refractivity contribution is -0.128. The number of amides is 1. The zero-order valence-electron chi connectivity index (χ0n) is 26.4. The van der Waals surface area contributed by atoms with Crippen LogP contribution in [0.25, 0.3) is 22.3 Å². The van der Waals surface area contributed by atoms with Crippen molar-refractivity contribution in [1.29, 1.82) is 5.26 Å². The smallest absolute Gasteiger partial charge is 0.264 e. The monoisotopic (exact) mass is 623 g/mol. The van der Waals surface area contributed by atoms with Crippen LogP contribution in [0.15, 0.2) is 66.5 Å². The van der Waals surface area contributed by atoms with Crippen LogP contribution >= 0.6 is 0 Å². The topological polar surface area (TPSA) is 129 Å². The van der Waals surface area contributed by atoms with Crippen molar-refractivity contribution in [3.63, 3.8) is 0 Å². The first-order valence-electron chi connectivity index (χ1n) is 15.5. The van der Waals surface area contributed by atoms with E-state index in [2.05, 4.69) is 32.9 Å². The van der Waals surface area contributed by atoms with Crippen LogP contribution in [0.3, 0.4) is 0 Å². The van der Waals surface area contributed by atoms with Crippen LogP contribution in [-0.2, 0) is 4.79 Å². The number of anilines is 1. The molecule has 2 aromatic heterocycles. The molecule has 46 heavy (non-hydrogen) atoms. The molecule has 2 aromatic carbocycles. The van der Waals surface area contributed by atoms with Crippen molar-refractivity contribution in [2.45, 2.75) is 38.3 Å². The summed E-state index contributed by atoms with van der Waals surface area (Å²) in [4.78, 5) is 28.7. The number of aromatic nitrogens is 4. The van der Waals surface area contributed by atoms with Gasteiger partial charge in [-0.1, -0.05) is 18.2 Å². The minimum atomic E-state index is -0.532. The molecule has 2 aliphatic heterocycles. The van der Waals surface area contributed by atoms with Crippen molar-refractivity contribution in [1.82, 2.24) is 34.4 Å². The molecule has 6 rings (SSSR count). The molecule has 2 saturated heterocycles. The molecule has 1 amide bonds. The van der Waals surface area contributed by atoms with E-state index in [-0.39, 0.29) is 28.9 Å². The van der Waals surface area contributed by atoms with E-state index >= 15 is 4.39 Å². The number of likely N-dealkylation sites (tertiary alicyclic amines) is 1. The molecule has 11 nitrogen and oxygen atoms in total. The number of ether oxygens (including phenoxy) is 1. The van der Waals surface area contributed by atoms with Crippen LogP contribution in [0.2, 0.25) is 0 Å². The third kappa shape index (κ3) is 6.29. The summed E-state index contributed by atoms with van der Waals surface area (Å²) < 4.78 is 23.2. The molecule has 0 spiro atoms. The van der Waals surface area contributed by atoms with E-state index in [1.807, 2.05) is 32.0 Å². The van der Waals surface area contributed by atoms with E-state index in [1.165, 1.54) is 12.4 Å². The fourth-order valence-corrected chi connectivity index (χ4v) is 6.29. The first kappa shape index (κ1) is 31.1. The van der Waals surface area contributed by atoms with Crippen molar-refractivity contribution < 1.29 is 13.9 Å². The molecule has 238 valence electrons. The van der Waals surface area contributed by atoms with Crippen LogP contribution in [0.4, 0.5) is 10.2 Å². The van der Waals surface area contributed by atoms with Gasteiger partial charge in [0.2, 0.25) is 0 Å². The quantitative estimate of drug-likeness (QED) is 0.231. The Balaban J connectivity index is 1.27. The summed E-state index contributed by atoms with van der Waals surface area (Å²) >= 11 is 0. The average Bonchev–Trinajstić information content (AvgIpc) is 3.45. The molecule has 0 radical (unpaired) electrons. The summed E-state index contributed by atoms with van der Waals surface area (Å²) in [6.45, 7) is 8.52. The Morgan fingerprint density at radius 2 is 1.85 bits per heavy atom. The molecule has 12 heteroatoms. The number of carbonyl (C=O) groups excluding carboxylic acids is 1. The van der Waals surface area contributed by atoms with Gasteiger partial charge >= 0.3 is 0 Å². The highest BCUT2D eigenvalue weighted by molar-refractivity contribution is 5.99. The number of piperidine rings is 1. The maximum Gasteiger partial charge on any atom is 0.264 e. The predicted octanol–water partition coefficient (Wildman–Crippen LogP) is 4.65. The molecule has 0 bridgehead atoms. The second-order valence-corrected chi connectivity index (χ2v) is 12.5. The Kier molecular flexibility index (Phi) is 8.71. The number of nitrogens with zero attached hydrogens (tertiary/aromatic N) is 8. The molecular formula is C34H38FN9O2. The lowest BCUT2D eigenvalue weighted by atomic mass is 9.96. The van der Waals surface area contributed by atoms with E-state index < -0.39 is 11.4 Å². The first-order chi connectivity index (χ1) is 22.1. The Morgan fingerprint density at radius 1 is 1.09 bits per heavy atom. The number of nitriles is 1. The third-order valence-electron chi connectivity index (χ3n) is 8.89. The van der Waals surface area contributed by atoms with Crippen molar-refractivity contribution in [2.75, 3.05) is 52.0 Å². The van der Waals surface area contributed by atoms with Crippen LogP contribution in [0.5, 0.6) is 11.5 Å². The first-order valence-corrected chi connectivity index (χ1v) is 15.5. The van der Waals surface area contributed by atoms with Crippen LogP contribution in [0, 0.1) is 17.1 Å². The van der Waals surface area contributed by atoms with Gasteiger partial charge in [0.15, 0.2) is 5.65 Å². The number of halogens is 1. The highest BCUT2D eigenvalue weighted by Gasteiger charge is 2.33. The van der Waals surface area contributed by atoms with E-state index in [0.717, 1.165) is 26.2 Å². The van der Waals surface area contributed by atoms with Crippen molar-refractivity contribution in [2.24, 2.45) is 0 Å². The molecule has 4 aromatic rings. The van der Waals surface area contributed by atoms with Gasteiger partial charge in [0.25, 0.3) is 5.91 Å². The summed E-state index contributed by atoms with van der Waals surface area (Å²) in [7, 11) is 2.09. The Morgan fingerprint density at radius 3 is 2.57 bits per heavy atom. The zero-order chi connectivity index (χ0) is 32.4. The van der Waals surface area contributed by atoms with Crippen molar-refractivity contribution >= 4 is 22.8 Å². The Labute approximate surface area is 267 Å². The maximum absolute atomic E-state index is 15.6. The van der Waals surface area contributed by atoms with Crippen LogP contribution in [0.1, 0.15) is 32.7 Å². The summed E-state index contributed by atoms with van der Waals surface area (Å²) in [6, 6.07) is 15.6. The second-order valence-electron chi connectivity index (χ2n) is 12.5.